The summed E-state index contributed by atoms with van der Waals surface area (Å²) < 4.78 is 0. The third-order valence-electron chi connectivity index (χ3n) is 0. The fourth-order valence-electron chi connectivity index (χ4n) is 0. The molecule has 0 atom stereocenters. The van der Waals surface area contributed by atoms with Crippen LogP contribution in [0.2, 0.25) is 0 Å². The quantitative estimate of drug-likeness (QED) is 0.512. The molecule has 0 nitrogen and oxygen atoms in total. The molecule has 0 aliphatic heterocycles. The number of rotatable bonds is 0. The van der Waals surface area contributed by atoms with Crippen LogP contribution in [0.1, 0.15) is 13.8 Å². The van der Waals surface area contributed by atoms with Gasteiger partial charge in [-0.05, 0) is 0 Å². The second-order valence-electron chi connectivity index (χ2n) is 1.08. The summed E-state index contributed by atoms with van der Waals surface area (Å²) >= 11 is 0. The molecule has 0 bridgehead atoms. The van der Waals surface area contributed by atoms with Gasteiger partial charge in [-0.1, -0.05) is 13.8 Å². The minimum Gasteiger partial charge on any atom is -0.515 e. The van der Waals surface area contributed by atoms with Crippen LogP contribution in [-0.2, 0) is 0 Å². The summed E-state index contributed by atoms with van der Waals surface area (Å²) in [7, 11) is 0. The van der Waals surface area contributed by atoms with Crippen LogP contribution in [0.25, 0.3) is 0 Å². The molecule has 0 radical (unpaired) electrons. The van der Waals surface area contributed by atoms with Crippen LogP contribution in [-0.4, -0.2) is 0 Å². The number of hydrogen-bond donors (Lipinski definition) is 0. The van der Waals surface area contributed by atoms with E-state index >= 15 is 0 Å². The zero-order valence-electron chi connectivity index (χ0n) is 3.58. The first-order chi connectivity index (χ1) is 1.73. The monoisotopic (exact) mass is 195 g/mol. The molecule has 0 saturated heterocycles. The van der Waals surface area contributed by atoms with E-state index in [9.17, 15) is 0 Å². The zero-order chi connectivity index (χ0) is 3.58. The van der Waals surface area contributed by atoms with Crippen molar-refractivity contribution in [2.24, 2.45) is 0 Å². The first kappa shape index (κ1) is 9.45. The molecule has 0 aromatic rings. The largest absolute Gasteiger partial charge is 0.515 e. The van der Waals surface area contributed by atoms with Crippen LogP contribution >= 0.6 is 0 Å². The first-order valence-corrected chi connectivity index (χ1v) is 1.29. The van der Waals surface area contributed by atoms with E-state index in [1.54, 1.807) is 0 Å². The van der Waals surface area contributed by atoms with E-state index in [2.05, 4.69) is 0 Å². The Balaban J connectivity index is 0. The molecule has 0 N–H and O–H groups in total. The Morgan fingerprint density at radius 3 is 1.40 bits per heavy atom. The summed E-state index contributed by atoms with van der Waals surface area (Å²) in [5.41, 5.74) is 0.917. The summed E-state index contributed by atoms with van der Waals surface area (Å²) in [5, 5.41) is 0. The van der Waals surface area contributed by atoms with Crippen LogP contribution < -0.4 is 0 Å². The van der Waals surface area contributed by atoms with E-state index < -0.39 is 0 Å². The molecular formula is C4H7Ce-. The average Bonchev–Trinajstić information content (AvgIpc) is 0.811. The molecule has 0 aliphatic rings. The van der Waals surface area contributed by atoms with Gasteiger partial charge in [0.05, 0.1) is 0 Å². The van der Waals surface area contributed by atoms with Crippen LogP contribution in [0.3, 0.4) is 0 Å². The third kappa shape index (κ3) is 39.9. The Labute approximate surface area is 67.0 Å². The Morgan fingerprint density at radius 2 is 1.40 bits per heavy atom. The van der Waals surface area contributed by atoms with Crippen LogP contribution in [0.15, 0.2) is 5.57 Å². The van der Waals surface area contributed by atoms with Gasteiger partial charge in [-0.2, -0.15) is 0 Å². The molecule has 0 rings (SSSR count). The molecule has 5 heavy (non-hydrogen) atoms. The second-order valence-corrected chi connectivity index (χ2v) is 1.08. The van der Waals surface area contributed by atoms with Crippen molar-refractivity contribution in [3.63, 3.8) is 0 Å². The molecule has 0 heterocycles. The van der Waals surface area contributed by atoms with Gasteiger partial charge in [0, 0.05) is 41.7 Å². The van der Waals surface area contributed by atoms with Gasteiger partial charge in [0.1, 0.15) is 0 Å². The standard InChI is InChI=1S/C4H7.Ce/c1-4(2)3;/h1H,2-3H3;/q-1;. The van der Waals surface area contributed by atoms with Crippen molar-refractivity contribution in [2.75, 3.05) is 0 Å². The van der Waals surface area contributed by atoms with E-state index in [0.29, 0.717) is 0 Å². The van der Waals surface area contributed by atoms with E-state index in [0.717, 1.165) is 5.57 Å². The summed E-state index contributed by atoms with van der Waals surface area (Å²) in [6, 6.07) is 0. The molecule has 28 valence electrons. The maximum absolute atomic E-state index is 5.03. The summed E-state index contributed by atoms with van der Waals surface area (Å²) in [4.78, 5) is 0. The van der Waals surface area contributed by atoms with Crippen molar-refractivity contribution >= 4 is 0 Å². The Bertz CT molecular complexity index is 26.6. The van der Waals surface area contributed by atoms with E-state index in [-0.39, 0.29) is 41.7 Å². The predicted octanol–water partition coefficient (Wildman–Crippen LogP) is 1.39. The smallest absolute Gasteiger partial charge is 0 e. The Hall–Kier alpha value is 1.12. The van der Waals surface area contributed by atoms with Gasteiger partial charge in [0.2, 0.25) is 0 Å². The van der Waals surface area contributed by atoms with Crippen molar-refractivity contribution < 1.29 is 41.7 Å². The van der Waals surface area contributed by atoms with E-state index in [1.807, 2.05) is 13.8 Å². The molecule has 0 spiro atoms. The normalized spacial score (nSPS) is 5.20. The maximum atomic E-state index is 5.03. The van der Waals surface area contributed by atoms with Crippen molar-refractivity contribution in [1.82, 2.24) is 0 Å². The molecule has 0 aliphatic carbocycles. The van der Waals surface area contributed by atoms with Gasteiger partial charge in [0.15, 0.2) is 0 Å². The van der Waals surface area contributed by atoms with E-state index in [1.165, 1.54) is 0 Å². The average molecular weight is 195 g/mol. The molecule has 0 aromatic heterocycles. The van der Waals surface area contributed by atoms with E-state index in [4.69, 9.17) is 6.58 Å². The molecule has 1 heteroatoms. The fourth-order valence-corrected chi connectivity index (χ4v) is 0. The topological polar surface area (TPSA) is 0 Å². The molecule has 0 saturated carbocycles. The minimum absolute atomic E-state index is 0. The first-order valence-electron chi connectivity index (χ1n) is 1.29. The van der Waals surface area contributed by atoms with Gasteiger partial charge in [-0.15, -0.1) is 0 Å². The molecule has 0 aromatic carbocycles. The van der Waals surface area contributed by atoms with Crippen LogP contribution in [0, 0.1) is 48.3 Å². The number of hydrogen-bond acceptors (Lipinski definition) is 0. The van der Waals surface area contributed by atoms with Gasteiger partial charge in [-0.3, -0.25) is 5.57 Å². The third-order valence-corrected chi connectivity index (χ3v) is 0. The SMILES string of the molecule is [CH-]=C(C)C.[Ce]. The predicted molar refractivity (Wildman–Crippen MR) is 19.2 cm³/mol. The number of allylic oxidation sites excluding steroid dienone is 1. The summed E-state index contributed by atoms with van der Waals surface area (Å²) in [6.07, 6.45) is 0. The summed E-state index contributed by atoms with van der Waals surface area (Å²) in [6.45, 7) is 8.75. The Morgan fingerprint density at radius 1 is 1.40 bits per heavy atom. The van der Waals surface area contributed by atoms with Gasteiger partial charge in [0.25, 0.3) is 0 Å². The van der Waals surface area contributed by atoms with Crippen LogP contribution in [0.5, 0.6) is 0 Å². The molecule has 0 unspecified atom stereocenters. The van der Waals surface area contributed by atoms with Crippen molar-refractivity contribution in [3.05, 3.63) is 12.2 Å². The maximum Gasteiger partial charge on any atom is 0 e. The van der Waals surface area contributed by atoms with Gasteiger partial charge >= 0.3 is 0 Å². The van der Waals surface area contributed by atoms with Gasteiger partial charge in [-0.25, -0.2) is 0 Å². The van der Waals surface area contributed by atoms with Crippen molar-refractivity contribution in [2.45, 2.75) is 13.8 Å². The van der Waals surface area contributed by atoms with Crippen LogP contribution in [0.4, 0.5) is 0 Å². The zero-order valence-corrected chi connectivity index (χ0v) is 6.72. The van der Waals surface area contributed by atoms with Crippen molar-refractivity contribution in [1.29, 1.82) is 0 Å². The van der Waals surface area contributed by atoms with Gasteiger partial charge < -0.3 is 6.58 Å². The second kappa shape index (κ2) is 5.12. The summed E-state index contributed by atoms with van der Waals surface area (Å²) in [5.74, 6) is 0. The van der Waals surface area contributed by atoms with Crippen molar-refractivity contribution in [3.8, 4) is 0 Å². The molecule has 0 amide bonds. The molecular weight excluding hydrogens is 188 g/mol. The minimum atomic E-state index is 0. The fraction of sp³-hybridized carbons (Fsp3) is 0.500. The Kier molecular flexibility index (Phi) is 9.67. The molecule has 0 fully saturated rings.